The number of amides is 1. The number of nitrogens with zero attached hydrogens (tertiary/aromatic N) is 2. The summed E-state index contributed by atoms with van der Waals surface area (Å²) in [5.74, 6) is -0.0572. The number of hydrogen-bond acceptors (Lipinski definition) is 3. The fraction of sp³-hybridized carbons (Fsp3) is 0.333. The van der Waals surface area contributed by atoms with Crippen molar-refractivity contribution in [2.24, 2.45) is 0 Å². The molecule has 1 heterocycles. The van der Waals surface area contributed by atoms with Gasteiger partial charge >= 0.3 is 0 Å². The Hall–Kier alpha value is -2.20. The van der Waals surface area contributed by atoms with E-state index >= 15 is 0 Å². The third-order valence-electron chi connectivity index (χ3n) is 3.47. The van der Waals surface area contributed by atoms with E-state index < -0.39 is 0 Å². The fourth-order valence-corrected chi connectivity index (χ4v) is 2.23. The maximum atomic E-state index is 11.9. The van der Waals surface area contributed by atoms with Crippen molar-refractivity contribution in [1.29, 1.82) is 0 Å². The molecule has 4 heteroatoms. The fourth-order valence-electron chi connectivity index (χ4n) is 2.23. The molecule has 0 aliphatic rings. The van der Waals surface area contributed by atoms with Crippen molar-refractivity contribution in [1.82, 2.24) is 15.2 Å². The van der Waals surface area contributed by atoms with Crippen LogP contribution in [-0.4, -0.2) is 35.9 Å². The Bertz CT molecular complexity index is 581. The molecule has 1 aromatic heterocycles. The highest BCUT2D eigenvalue weighted by Crippen LogP contribution is 2.03. The summed E-state index contributed by atoms with van der Waals surface area (Å²) in [5, 5.41) is 2.93. The molecule has 0 aliphatic carbocycles. The van der Waals surface area contributed by atoms with Crippen LogP contribution in [-0.2, 0) is 6.54 Å². The minimum absolute atomic E-state index is 0.0572. The van der Waals surface area contributed by atoms with Gasteiger partial charge < -0.3 is 10.2 Å². The van der Waals surface area contributed by atoms with Crippen molar-refractivity contribution in [3.63, 3.8) is 0 Å². The highest BCUT2D eigenvalue weighted by atomic mass is 16.1. The van der Waals surface area contributed by atoms with Crippen molar-refractivity contribution < 1.29 is 4.79 Å². The summed E-state index contributed by atoms with van der Waals surface area (Å²) in [6.45, 7) is 4.45. The molecule has 1 aromatic carbocycles. The van der Waals surface area contributed by atoms with Gasteiger partial charge in [0.2, 0.25) is 0 Å². The predicted molar refractivity (Wildman–Crippen MR) is 88.7 cm³/mol. The Morgan fingerprint density at radius 2 is 1.95 bits per heavy atom. The molecular weight excluding hydrogens is 274 g/mol. The second-order valence-corrected chi connectivity index (χ2v) is 5.52. The molecule has 1 N–H and O–H groups in total. The topological polar surface area (TPSA) is 45.2 Å². The molecule has 0 fully saturated rings. The highest BCUT2D eigenvalue weighted by molar-refractivity contribution is 5.93. The van der Waals surface area contributed by atoms with E-state index in [0.717, 1.165) is 25.2 Å². The zero-order chi connectivity index (χ0) is 15.8. The van der Waals surface area contributed by atoms with E-state index in [1.807, 2.05) is 19.1 Å². The lowest BCUT2D eigenvalue weighted by molar-refractivity contribution is 0.0951. The van der Waals surface area contributed by atoms with Crippen molar-refractivity contribution in [3.8, 4) is 0 Å². The van der Waals surface area contributed by atoms with Crippen LogP contribution in [0.25, 0.3) is 0 Å². The standard InChI is InChI=1S/C18H23N3O/c1-15-9-10-17(13-20-15)18(22)19-11-6-12-21(2)14-16-7-4-3-5-8-16/h3-5,7-10,13H,6,11-12,14H2,1-2H3,(H,19,22). The average molecular weight is 297 g/mol. The summed E-state index contributed by atoms with van der Waals surface area (Å²) in [6.07, 6.45) is 2.54. The highest BCUT2D eigenvalue weighted by Gasteiger charge is 2.05. The summed E-state index contributed by atoms with van der Waals surface area (Å²) in [7, 11) is 2.10. The number of carbonyl (C=O) groups excluding carboxylic acids is 1. The first-order valence-corrected chi connectivity index (χ1v) is 7.58. The van der Waals surface area contributed by atoms with Crippen molar-refractivity contribution in [2.45, 2.75) is 19.9 Å². The zero-order valence-electron chi connectivity index (χ0n) is 13.2. The van der Waals surface area contributed by atoms with E-state index in [4.69, 9.17) is 0 Å². The molecule has 4 nitrogen and oxygen atoms in total. The minimum Gasteiger partial charge on any atom is -0.352 e. The van der Waals surface area contributed by atoms with Crippen LogP contribution < -0.4 is 5.32 Å². The van der Waals surface area contributed by atoms with Gasteiger partial charge in [-0.3, -0.25) is 9.78 Å². The van der Waals surface area contributed by atoms with E-state index in [2.05, 4.69) is 46.5 Å². The van der Waals surface area contributed by atoms with Gasteiger partial charge in [0.1, 0.15) is 0 Å². The van der Waals surface area contributed by atoms with Gasteiger partial charge in [-0.15, -0.1) is 0 Å². The first-order chi connectivity index (χ1) is 10.6. The average Bonchev–Trinajstić information content (AvgIpc) is 2.53. The van der Waals surface area contributed by atoms with Crippen molar-refractivity contribution >= 4 is 5.91 Å². The number of hydrogen-bond donors (Lipinski definition) is 1. The first kappa shape index (κ1) is 16.2. The molecule has 0 bridgehead atoms. The van der Waals surface area contributed by atoms with Gasteiger partial charge in [0.15, 0.2) is 0 Å². The van der Waals surface area contributed by atoms with Crippen LogP contribution in [0.1, 0.15) is 28.0 Å². The molecular formula is C18H23N3O. The smallest absolute Gasteiger partial charge is 0.252 e. The van der Waals surface area contributed by atoms with Crippen LogP contribution in [0.4, 0.5) is 0 Å². The number of pyridine rings is 1. The number of aryl methyl sites for hydroxylation is 1. The molecule has 116 valence electrons. The lowest BCUT2D eigenvalue weighted by Gasteiger charge is -2.16. The predicted octanol–water partition coefficient (Wildman–Crippen LogP) is 2.64. The molecule has 0 saturated heterocycles. The Morgan fingerprint density at radius 1 is 1.18 bits per heavy atom. The van der Waals surface area contributed by atoms with E-state index in [9.17, 15) is 4.79 Å². The Balaban J connectivity index is 1.66. The summed E-state index contributed by atoms with van der Waals surface area (Å²) in [4.78, 5) is 18.3. The van der Waals surface area contributed by atoms with Crippen LogP contribution in [0, 0.1) is 6.92 Å². The van der Waals surface area contributed by atoms with Gasteiger partial charge in [0.05, 0.1) is 5.56 Å². The van der Waals surface area contributed by atoms with Crippen molar-refractivity contribution in [3.05, 3.63) is 65.5 Å². The Labute approximate surface area is 132 Å². The van der Waals surface area contributed by atoms with Gasteiger partial charge in [0.25, 0.3) is 5.91 Å². The van der Waals surface area contributed by atoms with E-state index in [-0.39, 0.29) is 5.91 Å². The van der Waals surface area contributed by atoms with E-state index in [1.165, 1.54) is 5.56 Å². The number of rotatable bonds is 7. The third-order valence-corrected chi connectivity index (χ3v) is 3.47. The molecule has 0 atom stereocenters. The lowest BCUT2D eigenvalue weighted by Crippen LogP contribution is -2.28. The van der Waals surface area contributed by atoms with Crippen LogP contribution in [0.2, 0.25) is 0 Å². The summed E-state index contributed by atoms with van der Waals surface area (Å²) in [6, 6.07) is 14.0. The molecule has 0 radical (unpaired) electrons. The van der Waals surface area contributed by atoms with Crippen LogP contribution in [0.15, 0.2) is 48.7 Å². The van der Waals surface area contributed by atoms with Gasteiger partial charge in [-0.25, -0.2) is 0 Å². The number of nitrogens with one attached hydrogen (secondary N) is 1. The third kappa shape index (κ3) is 5.30. The van der Waals surface area contributed by atoms with Gasteiger partial charge in [-0.2, -0.15) is 0 Å². The zero-order valence-corrected chi connectivity index (χ0v) is 13.2. The van der Waals surface area contributed by atoms with Gasteiger partial charge in [-0.1, -0.05) is 30.3 Å². The Kier molecular flexibility index (Phi) is 6.10. The number of benzene rings is 1. The largest absolute Gasteiger partial charge is 0.352 e. The maximum absolute atomic E-state index is 11.9. The molecule has 0 spiro atoms. The number of aromatic nitrogens is 1. The van der Waals surface area contributed by atoms with Gasteiger partial charge in [0, 0.05) is 25.0 Å². The minimum atomic E-state index is -0.0572. The van der Waals surface area contributed by atoms with Crippen LogP contribution in [0.3, 0.4) is 0 Å². The normalized spacial score (nSPS) is 10.7. The first-order valence-electron chi connectivity index (χ1n) is 7.58. The van der Waals surface area contributed by atoms with Crippen molar-refractivity contribution in [2.75, 3.05) is 20.1 Å². The molecule has 2 rings (SSSR count). The second-order valence-electron chi connectivity index (χ2n) is 5.52. The van der Waals surface area contributed by atoms with Crippen LogP contribution in [0.5, 0.6) is 0 Å². The Morgan fingerprint density at radius 3 is 2.64 bits per heavy atom. The molecule has 2 aromatic rings. The lowest BCUT2D eigenvalue weighted by atomic mass is 10.2. The molecule has 1 amide bonds. The van der Waals surface area contributed by atoms with Gasteiger partial charge in [-0.05, 0) is 44.6 Å². The molecule has 0 unspecified atom stereocenters. The molecule has 22 heavy (non-hydrogen) atoms. The van der Waals surface area contributed by atoms with E-state index in [1.54, 1.807) is 12.3 Å². The monoisotopic (exact) mass is 297 g/mol. The quantitative estimate of drug-likeness (QED) is 0.799. The maximum Gasteiger partial charge on any atom is 0.252 e. The van der Waals surface area contributed by atoms with Crippen LogP contribution >= 0.6 is 0 Å². The SMILES string of the molecule is Cc1ccc(C(=O)NCCCN(C)Cc2ccccc2)cn1. The summed E-state index contributed by atoms with van der Waals surface area (Å²) < 4.78 is 0. The molecule has 0 saturated carbocycles. The number of carbonyl (C=O) groups is 1. The van der Waals surface area contributed by atoms with E-state index in [0.29, 0.717) is 12.1 Å². The molecule has 0 aliphatic heterocycles. The summed E-state index contributed by atoms with van der Waals surface area (Å²) >= 11 is 0. The summed E-state index contributed by atoms with van der Waals surface area (Å²) in [5.41, 5.74) is 2.84. The second kappa shape index (κ2) is 8.29.